The van der Waals surface area contributed by atoms with Gasteiger partial charge >= 0.3 is 5.97 Å². The van der Waals surface area contributed by atoms with Crippen LogP contribution in [-0.2, 0) is 16.0 Å². The fourth-order valence-electron chi connectivity index (χ4n) is 1.42. The van der Waals surface area contributed by atoms with E-state index >= 15 is 0 Å². The lowest BCUT2D eigenvalue weighted by atomic mass is 10.1. The Morgan fingerprint density at radius 2 is 2.06 bits per heavy atom. The number of hydrogen-bond acceptors (Lipinski definition) is 2. The molecule has 18 heavy (non-hydrogen) atoms. The van der Waals surface area contributed by atoms with E-state index in [2.05, 4.69) is 5.32 Å². The lowest BCUT2D eigenvalue weighted by Crippen LogP contribution is -2.41. The Balaban J connectivity index is 2.67. The highest BCUT2D eigenvalue weighted by atomic mass is 19.1. The summed E-state index contributed by atoms with van der Waals surface area (Å²) in [5, 5.41) is 11.0. The lowest BCUT2D eigenvalue weighted by molar-refractivity contribution is -0.141. The van der Waals surface area contributed by atoms with E-state index in [0.29, 0.717) is 6.07 Å². The summed E-state index contributed by atoms with van der Waals surface area (Å²) in [4.78, 5) is 22.2. The summed E-state index contributed by atoms with van der Waals surface area (Å²) in [6.07, 6.45) is -0.0944. The van der Waals surface area contributed by atoms with E-state index in [-0.39, 0.29) is 18.4 Å². The molecule has 0 unspecified atom stereocenters. The molecular formula is C12H13F2NO3. The van der Waals surface area contributed by atoms with E-state index in [1.807, 2.05) is 0 Å². The molecule has 98 valence electrons. The first-order chi connectivity index (χ1) is 8.43. The molecule has 1 aromatic rings. The number of benzene rings is 1. The summed E-state index contributed by atoms with van der Waals surface area (Å²) in [5.74, 6) is -3.32. The van der Waals surface area contributed by atoms with E-state index in [1.54, 1.807) is 6.92 Å². The molecule has 1 aromatic carbocycles. The van der Waals surface area contributed by atoms with Gasteiger partial charge in [0.05, 0.1) is 6.42 Å². The first-order valence-corrected chi connectivity index (χ1v) is 5.40. The number of amides is 1. The van der Waals surface area contributed by atoms with E-state index in [0.717, 1.165) is 12.1 Å². The Morgan fingerprint density at radius 1 is 1.39 bits per heavy atom. The summed E-state index contributed by atoms with van der Waals surface area (Å²) in [6.45, 7) is 1.61. The maximum absolute atomic E-state index is 13.3. The molecular weight excluding hydrogens is 244 g/mol. The van der Waals surface area contributed by atoms with Crippen LogP contribution in [0.5, 0.6) is 0 Å². The highest BCUT2D eigenvalue weighted by Gasteiger charge is 2.18. The number of carboxylic acid groups (broad SMARTS) is 1. The second-order valence-corrected chi connectivity index (χ2v) is 3.78. The van der Waals surface area contributed by atoms with Crippen LogP contribution in [0.3, 0.4) is 0 Å². The van der Waals surface area contributed by atoms with Crippen molar-refractivity contribution in [3.05, 3.63) is 35.4 Å². The number of aliphatic carboxylic acids is 1. The minimum absolute atomic E-state index is 0.0224. The average molecular weight is 257 g/mol. The molecule has 1 amide bonds. The van der Waals surface area contributed by atoms with Crippen molar-refractivity contribution in [1.82, 2.24) is 5.32 Å². The first-order valence-electron chi connectivity index (χ1n) is 5.40. The van der Waals surface area contributed by atoms with Crippen LogP contribution in [0.4, 0.5) is 8.78 Å². The average Bonchev–Trinajstić information content (AvgIpc) is 2.29. The van der Waals surface area contributed by atoms with Gasteiger partial charge in [-0.3, -0.25) is 4.79 Å². The molecule has 0 aromatic heterocycles. The van der Waals surface area contributed by atoms with Crippen LogP contribution in [0.2, 0.25) is 0 Å². The van der Waals surface area contributed by atoms with Crippen molar-refractivity contribution in [2.75, 3.05) is 0 Å². The minimum atomic E-state index is -1.15. The normalized spacial score (nSPS) is 11.9. The Bertz CT molecular complexity index is 463. The van der Waals surface area contributed by atoms with Crippen LogP contribution in [0, 0.1) is 11.6 Å². The topological polar surface area (TPSA) is 66.4 Å². The minimum Gasteiger partial charge on any atom is -0.480 e. The fraction of sp³-hybridized carbons (Fsp3) is 0.333. The number of carbonyl (C=O) groups is 2. The zero-order chi connectivity index (χ0) is 13.7. The lowest BCUT2D eigenvalue weighted by Gasteiger charge is -2.12. The molecule has 0 saturated heterocycles. The van der Waals surface area contributed by atoms with Gasteiger partial charge < -0.3 is 10.4 Å². The van der Waals surface area contributed by atoms with Gasteiger partial charge in [-0.25, -0.2) is 13.6 Å². The molecule has 0 bridgehead atoms. The second kappa shape index (κ2) is 6.09. The van der Waals surface area contributed by atoms with Crippen LogP contribution in [0.15, 0.2) is 18.2 Å². The zero-order valence-electron chi connectivity index (χ0n) is 9.74. The van der Waals surface area contributed by atoms with Crippen molar-refractivity contribution in [2.24, 2.45) is 0 Å². The molecule has 2 N–H and O–H groups in total. The van der Waals surface area contributed by atoms with Crippen LogP contribution >= 0.6 is 0 Å². The zero-order valence-corrected chi connectivity index (χ0v) is 9.74. The first kappa shape index (κ1) is 14.1. The summed E-state index contributed by atoms with van der Waals surface area (Å²) < 4.78 is 25.9. The number of carbonyl (C=O) groups excluding carboxylic acids is 1. The van der Waals surface area contributed by atoms with Crippen LogP contribution in [-0.4, -0.2) is 23.0 Å². The van der Waals surface area contributed by atoms with Crippen molar-refractivity contribution in [3.63, 3.8) is 0 Å². The summed E-state index contributed by atoms with van der Waals surface area (Å²) in [6, 6.07) is 1.88. The summed E-state index contributed by atoms with van der Waals surface area (Å²) in [5.41, 5.74) is 0.0224. The predicted molar refractivity (Wildman–Crippen MR) is 59.9 cm³/mol. The van der Waals surface area contributed by atoms with Gasteiger partial charge in [0.15, 0.2) is 0 Å². The van der Waals surface area contributed by atoms with Gasteiger partial charge in [-0.05, 0) is 18.1 Å². The Kier molecular flexibility index (Phi) is 4.76. The standard InChI is InChI=1S/C12H13F2NO3/c1-2-10(12(17)18)15-11(16)5-7-3-4-8(13)6-9(7)14/h3-4,6,10H,2,5H2,1H3,(H,15,16)(H,17,18)/t10-/m1/s1. The number of nitrogens with one attached hydrogen (secondary N) is 1. The molecule has 0 spiro atoms. The SMILES string of the molecule is CC[C@@H](NC(=O)Cc1ccc(F)cc1F)C(=O)O. The molecule has 4 nitrogen and oxygen atoms in total. The van der Waals surface area contributed by atoms with E-state index < -0.39 is 29.6 Å². The van der Waals surface area contributed by atoms with Gasteiger partial charge in [-0.1, -0.05) is 13.0 Å². The third-order valence-corrected chi connectivity index (χ3v) is 2.41. The quantitative estimate of drug-likeness (QED) is 0.839. The summed E-state index contributed by atoms with van der Waals surface area (Å²) >= 11 is 0. The second-order valence-electron chi connectivity index (χ2n) is 3.78. The molecule has 0 heterocycles. The third-order valence-electron chi connectivity index (χ3n) is 2.41. The number of hydrogen-bond donors (Lipinski definition) is 2. The number of halogens is 2. The number of rotatable bonds is 5. The molecule has 1 rings (SSSR count). The van der Waals surface area contributed by atoms with Crippen molar-refractivity contribution in [2.45, 2.75) is 25.8 Å². The molecule has 1 atom stereocenters. The Morgan fingerprint density at radius 3 is 2.56 bits per heavy atom. The highest BCUT2D eigenvalue weighted by molar-refractivity contribution is 5.84. The molecule has 0 aliphatic heterocycles. The van der Waals surface area contributed by atoms with E-state index in [9.17, 15) is 18.4 Å². The molecule has 0 radical (unpaired) electrons. The largest absolute Gasteiger partial charge is 0.480 e. The molecule has 0 aliphatic rings. The predicted octanol–water partition coefficient (Wildman–Crippen LogP) is 1.49. The Hall–Kier alpha value is -1.98. The maximum atomic E-state index is 13.3. The fourth-order valence-corrected chi connectivity index (χ4v) is 1.42. The molecule has 6 heteroatoms. The maximum Gasteiger partial charge on any atom is 0.326 e. The van der Waals surface area contributed by atoms with Crippen molar-refractivity contribution in [1.29, 1.82) is 0 Å². The highest BCUT2D eigenvalue weighted by Crippen LogP contribution is 2.10. The van der Waals surface area contributed by atoms with E-state index in [4.69, 9.17) is 5.11 Å². The summed E-state index contributed by atoms with van der Waals surface area (Å²) in [7, 11) is 0. The molecule has 0 fully saturated rings. The Labute approximate surface area is 103 Å². The van der Waals surface area contributed by atoms with Crippen LogP contribution < -0.4 is 5.32 Å². The van der Waals surface area contributed by atoms with Gasteiger partial charge in [0, 0.05) is 6.07 Å². The van der Waals surface area contributed by atoms with Crippen molar-refractivity contribution < 1.29 is 23.5 Å². The van der Waals surface area contributed by atoms with Gasteiger partial charge in [0.25, 0.3) is 0 Å². The van der Waals surface area contributed by atoms with Crippen molar-refractivity contribution >= 4 is 11.9 Å². The van der Waals surface area contributed by atoms with E-state index in [1.165, 1.54) is 0 Å². The van der Waals surface area contributed by atoms with Crippen LogP contribution in [0.1, 0.15) is 18.9 Å². The molecule has 0 saturated carbocycles. The van der Waals surface area contributed by atoms with Gasteiger partial charge in [-0.15, -0.1) is 0 Å². The molecule has 0 aliphatic carbocycles. The number of carboxylic acids is 1. The van der Waals surface area contributed by atoms with Gasteiger partial charge in [-0.2, -0.15) is 0 Å². The monoisotopic (exact) mass is 257 g/mol. The van der Waals surface area contributed by atoms with Crippen LogP contribution in [0.25, 0.3) is 0 Å². The smallest absolute Gasteiger partial charge is 0.326 e. The third kappa shape index (κ3) is 3.80. The van der Waals surface area contributed by atoms with Crippen molar-refractivity contribution in [3.8, 4) is 0 Å². The van der Waals surface area contributed by atoms with Gasteiger partial charge in [0.2, 0.25) is 5.91 Å². The van der Waals surface area contributed by atoms with Gasteiger partial charge in [0.1, 0.15) is 17.7 Å².